The summed E-state index contributed by atoms with van der Waals surface area (Å²) in [6.07, 6.45) is 2.88. The van der Waals surface area contributed by atoms with E-state index < -0.39 is 0 Å². The van der Waals surface area contributed by atoms with Crippen molar-refractivity contribution in [3.63, 3.8) is 0 Å². The third kappa shape index (κ3) is 2.23. The van der Waals surface area contributed by atoms with Gasteiger partial charge in [0.25, 0.3) is 0 Å². The molecule has 0 bridgehead atoms. The molecule has 4 heteroatoms. The summed E-state index contributed by atoms with van der Waals surface area (Å²) in [5, 5.41) is 4.38. The van der Waals surface area contributed by atoms with E-state index in [1.807, 2.05) is 17.8 Å². The quantitative estimate of drug-likeness (QED) is 0.846. The van der Waals surface area contributed by atoms with E-state index in [0.717, 1.165) is 29.8 Å². The van der Waals surface area contributed by atoms with E-state index in [2.05, 4.69) is 12.0 Å². The van der Waals surface area contributed by atoms with Gasteiger partial charge in [0.05, 0.1) is 5.69 Å². The minimum absolute atomic E-state index is 0.249. The molecule has 3 nitrogen and oxygen atoms in total. The maximum atomic E-state index is 14.0. The molecule has 1 aromatic heterocycles. The monoisotopic (exact) mass is 247 g/mol. The fourth-order valence-corrected chi connectivity index (χ4v) is 2.02. The van der Waals surface area contributed by atoms with Crippen LogP contribution < -0.4 is 5.73 Å². The molecule has 0 radical (unpaired) electrons. The Bertz CT molecular complexity index is 573. The number of hydrogen-bond acceptors (Lipinski definition) is 2. The molecule has 0 aliphatic carbocycles. The van der Waals surface area contributed by atoms with Gasteiger partial charge in [-0.15, -0.1) is 0 Å². The first-order valence-electron chi connectivity index (χ1n) is 6.13. The van der Waals surface area contributed by atoms with Gasteiger partial charge in [-0.25, -0.2) is 4.39 Å². The lowest BCUT2D eigenvalue weighted by Crippen LogP contribution is -1.96. The molecule has 96 valence electrons. The van der Waals surface area contributed by atoms with E-state index >= 15 is 0 Å². The molecule has 0 atom stereocenters. The largest absolute Gasteiger partial charge is 0.398 e. The summed E-state index contributed by atoms with van der Waals surface area (Å²) in [4.78, 5) is 0. The number of nitrogen functional groups attached to an aromatic ring is 1. The number of aromatic nitrogens is 2. The Kier molecular flexibility index (Phi) is 3.36. The molecule has 18 heavy (non-hydrogen) atoms. The standard InChI is InChI=1S/C14H18FN3/c1-4-5-18-8-12(10(3)17-18)11-7-14(16)9(2)6-13(11)15/h6-8H,4-5,16H2,1-3H3. The third-order valence-electron chi connectivity index (χ3n) is 3.04. The average Bonchev–Trinajstić information content (AvgIpc) is 2.65. The molecule has 0 unspecified atom stereocenters. The highest BCUT2D eigenvalue weighted by molar-refractivity contribution is 5.70. The van der Waals surface area contributed by atoms with Crippen LogP contribution >= 0.6 is 0 Å². The summed E-state index contributed by atoms with van der Waals surface area (Å²) < 4.78 is 15.8. The van der Waals surface area contributed by atoms with Crippen molar-refractivity contribution < 1.29 is 4.39 Å². The Morgan fingerprint density at radius 2 is 2.00 bits per heavy atom. The van der Waals surface area contributed by atoms with Crippen molar-refractivity contribution >= 4 is 5.69 Å². The zero-order chi connectivity index (χ0) is 13.3. The zero-order valence-corrected chi connectivity index (χ0v) is 11.0. The number of benzene rings is 1. The van der Waals surface area contributed by atoms with Crippen LogP contribution in [0.1, 0.15) is 24.6 Å². The lowest BCUT2D eigenvalue weighted by Gasteiger charge is -2.06. The summed E-state index contributed by atoms with van der Waals surface area (Å²) in [6.45, 7) is 6.61. The summed E-state index contributed by atoms with van der Waals surface area (Å²) in [7, 11) is 0. The van der Waals surface area contributed by atoms with Crippen LogP contribution in [-0.2, 0) is 6.54 Å². The molecular weight excluding hydrogens is 229 g/mol. The molecule has 0 spiro atoms. The number of nitrogens with zero attached hydrogens (tertiary/aromatic N) is 2. The van der Waals surface area contributed by atoms with Crippen molar-refractivity contribution in [1.82, 2.24) is 9.78 Å². The van der Waals surface area contributed by atoms with Gasteiger partial charge < -0.3 is 5.73 Å². The van der Waals surface area contributed by atoms with Gasteiger partial charge >= 0.3 is 0 Å². The van der Waals surface area contributed by atoms with Crippen LogP contribution in [0.5, 0.6) is 0 Å². The SMILES string of the molecule is CCCn1cc(-c2cc(N)c(C)cc2F)c(C)n1. The van der Waals surface area contributed by atoms with Crippen LogP contribution in [0.25, 0.3) is 11.1 Å². The second-order valence-electron chi connectivity index (χ2n) is 4.58. The van der Waals surface area contributed by atoms with Gasteiger partial charge in [0, 0.05) is 29.6 Å². The van der Waals surface area contributed by atoms with Crippen molar-refractivity contribution in [1.29, 1.82) is 0 Å². The van der Waals surface area contributed by atoms with E-state index in [1.54, 1.807) is 13.0 Å². The summed E-state index contributed by atoms with van der Waals surface area (Å²) >= 11 is 0. The Hall–Kier alpha value is -1.84. The predicted molar refractivity (Wildman–Crippen MR) is 71.8 cm³/mol. The van der Waals surface area contributed by atoms with Crippen molar-refractivity contribution in [3.05, 3.63) is 35.4 Å². The molecule has 1 heterocycles. The number of nitrogens with two attached hydrogens (primary N) is 1. The van der Waals surface area contributed by atoms with Crippen LogP contribution in [-0.4, -0.2) is 9.78 Å². The van der Waals surface area contributed by atoms with Crippen molar-refractivity contribution in [2.75, 3.05) is 5.73 Å². The normalized spacial score (nSPS) is 10.9. The summed E-state index contributed by atoms with van der Waals surface area (Å²) in [6, 6.07) is 3.16. The van der Waals surface area contributed by atoms with Gasteiger partial charge in [0.1, 0.15) is 5.82 Å². The first-order chi connectivity index (χ1) is 8.52. The van der Waals surface area contributed by atoms with E-state index in [9.17, 15) is 4.39 Å². The summed E-state index contributed by atoms with van der Waals surface area (Å²) in [5.74, 6) is -0.249. The van der Waals surface area contributed by atoms with Crippen molar-refractivity contribution in [2.45, 2.75) is 33.7 Å². The maximum Gasteiger partial charge on any atom is 0.131 e. The van der Waals surface area contributed by atoms with Crippen LogP contribution in [0, 0.1) is 19.7 Å². The smallest absolute Gasteiger partial charge is 0.131 e. The highest BCUT2D eigenvalue weighted by Gasteiger charge is 2.13. The van der Waals surface area contributed by atoms with Crippen LogP contribution in [0.3, 0.4) is 0 Å². The fourth-order valence-electron chi connectivity index (χ4n) is 2.02. The number of halogens is 1. The van der Waals surface area contributed by atoms with E-state index in [0.29, 0.717) is 11.3 Å². The molecule has 0 aliphatic heterocycles. The number of rotatable bonds is 3. The van der Waals surface area contributed by atoms with Gasteiger partial charge in [-0.2, -0.15) is 5.10 Å². The van der Waals surface area contributed by atoms with Gasteiger partial charge in [0.15, 0.2) is 0 Å². The molecule has 0 fully saturated rings. The van der Waals surface area contributed by atoms with Crippen molar-refractivity contribution in [3.8, 4) is 11.1 Å². The molecule has 2 rings (SSSR count). The molecule has 2 aromatic rings. The Morgan fingerprint density at radius 1 is 1.28 bits per heavy atom. The zero-order valence-electron chi connectivity index (χ0n) is 11.0. The Morgan fingerprint density at radius 3 is 2.67 bits per heavy atom. The minimum Gasteiger partial charge on any atom is -0.398 e. The van der Waals surface area contributed by atoms with Crippen LogP contribution in [0.2, 0.25) is 0 Å². The molecule has 0 aliphatic rings. The fraction of sp³-hybridized carbons (Fsp3) is 0.357. The predicted octanol–water partition coefficient (Wildman–Crippen LogP) is 3.30. The van der Waals surface area contributed by atoms with Crippen LogP contribution in [0.4, 0.5) is 10.1 Å². The van der Waals surface area contributed by atoms with E-state index in [1.165, 1.54) is 6.07 Å². The van der Waals surface area contributed by atoms with Gasteiger partial charge in [-0.3, -0.25) is 4.68 Å². The van der Waals surface area contributed by atoms with E-state index in [4.69, 9.17) is 5.73 Å². The Balaban J connectivity index is 2.51. The first kappa shape index (κ1) is 12.6. The van der Waals surface area contributed by atoms with Gasteiger partial charge in [-0.1, -0.05) is 6.92 Å². The molecular formula is C14H18FN3. The average molecular weight is 247 g/mol. The highest BCUT2D eigenvalue weighted by Crippen LogP contribution is 2.29. The first-order valence-corrected chi connectivity index (χ1v) is 6.13. The van der Waals surface area contributed by atoms with Gasteiger partial charge in [0.2, 0.25) is 0 Å². The highest BCUT2D eigenvalue weighted by atomic mass is 19.1. The molecule has 0 saturated carbocycles. The number of anilines is 1. The molecule has 1 aromatic carbocycles. The molecule has 0 saturated heterocycles. The molecule has 2 N–H and O–H groups in total. The Labute approximate surface area is 106 Å². The molecule has 0 amide bonds. The lowest BCUT2D eigenvalue weighted by molar-refractivity contribution is 0.598. The van der Waals surface area contributed by atoms with Gasteiger partial charge in [-0.05, 0) is 38.0 Å². The number of hydrogen-bond donors (Lipinski definition) is 1. The maximum absolute atomic E-state index is 14.0. The second-order valence-corrected chi connectivity index (χ2v) is 4.58. The number of aryl methyl sites for hydroxylation is 3. The minimum atomic E-state index is -0.249. The topological polar surface area (TPSA) is 43.8 Å². The van der Waals surface area contributed by atoms with Crippen LogP contribution in [0.15, 0.2) is 18.3 Å². The van der Waals surface area contributed by atoms with Crippen molar-refractivity contribution in [2.24, 2.45) is 0 Å². The summed E-state index contributed by atoms with van der Waals surface area (Å²) in [5.41, 5.74) is 9.38. The third-order valence-corrected chi connectivity index (χ3v) is 3.04. The second kappa shape index (κ2) is 4.80. The van der Waals surface area contributed by atoms with E-state index in [-0.39, 0.29) is 5.82 Å². The lowest BCUT2D eigenvalue weighted by atomic mass is 10.0.